The Balaban J connectivity index is 1.57. The van der Waals surface area contributed by atoms with E-state index in [2.05, 4.69) is 26.3 Å². The number of nitrogens with zero attached hydrogens (tertiary/aromatic N) is 2. The second kappa shape index (κ2) is 7.64. The average Bonchev–Trinajstić information content (AvgIpc) is 3.17. The minimum Gasteiger partial charge on any atom is -0.303 e. The minimum atomic E-state index is -0.287. The predicted molar refractivity (Wildman–Crippen MR) is 115 cm³/mol. The first-order valence-corrected chi connectivity index (χ1v) is 10.3. The maximum Gasteiger partial charge on any atom is 0.268 e. The van der Waals surface area contributed by atoms with E-state index in [4.69, 9.17) is 23.2 Å². The molecule has 0 atom stereocenters. The standard InChI is InChI=1S/C19H12BrCl2N3OS/c20-13-10-25(9-11-5-1-3-7-14(11)21)24-18(13)23-19(26)17-16(22)12-6-2-4-8-15(12)27-17/h1-8,10H,9H2,(H,23,24,26). The fourth-order valence-electron chi connectivity index (χ4n) is 2.69. The summed E-state index contributed by atoms with van der Waals surface area (Å²) in [7, 11) is 0. The second-order valence-electron chi connectivity index (χ2n) is 5.81. The third-order valence-electron chi connectivity index (χ3n) is 3.98. The van der Waals surface area contributed by atoms with Gasteiger partial charge in [0.05, 0.1) is 16.0 Å². The lowest BCUT2D eigenvalue weighted by Gasteiger charge is -2.04. The summed E-state index contributed by atoms with van der Waals surface area (Å²) in [6.45, 7) is 0.498. The Labute approximate surface area is 177 Å². The molecule has 27 heavy (non-hydrogen) atoms. The van der Waals surface area contributed by atoms with Crippen molar-refractivity contribution in [3.05, 3.63) is 79.7 Å². The SMILES string of the molecule is O=C(Nc1nn(Cc2ccccc2Cl)cc1Br)c1sc2ccccc2c1Cl. The molecule has 0 aliphatic carbocycles. The molecule has 0 spiro atoms. The van der Waals surface area contributed by atoms with Crippen LogP contribution in [-0.2, 0) is 6.54 Å². The minimum absolute atomic E-state index is 0.287. The van der Waals surface area contributed by atoms with Gasteiger partial charge in [-0.15, -0.1) is 11.3 Å². The van der Waals surface area contributed by atoms with Gasteiger partial charge in [-0.1, -0.05) is 59.6 Å². The van der Waals surface area contributed by atoms with Gasteiger partial charge in [0.25, 0.3) is 5.91 Å². The number of halogens is 3. The largest absolute Gasteiger partial charge is 0.303 e. The summed E-state index contributed by atoms with van der Waals surface area (Å²) in [5, 5.41) is 9.26. The van der Waals surface area contributed by atoms with E-state index in [0.29, 0.717) is 31.8 Å². The number of anilines is 1. The molecule has 0 aliphatic rings. The van der Waals surface area contributed by atoms with Crippen LogP contribution in [0.15, 0.2) is 59.2 Å². The van der Waals surface area contributed by atoms with Gasteiger partial charge in [0, 0.05) is 21.3 Å². The summed E-state index contributed by atoms with van der Waals surface area (Å²) in [6, 6.07) is 15.2. The van der Waals surface area contributed by atoms with E-state index in [9.17, 15) is 4.79 Å². The summed E-state index contributed by atoms with van der Waals surface area (Å²) in [6.07, 6.45) is 1.80. The highest BCUT2D eigenvalue weighted by molar-refractivity contribution is 9.10. The van der Waals surface area contributed by atoms with Crippen LogP contribution in [0.4, 0.5) is 5.82 Å². The number of fused-ring (bicyclic) bond motifs is 1. The lowest BCUT2D eigenvalue weighted by atomic mass is 10.2. The number of amides is 1. The topological polar surface area (TPSA) is 46.9 Å². The van der Waals surface area contributed by atoms with Crippen molar-refractivity contribution in [1.29, 1.82) is 0 Å². The maximum atomic E-state index is 12.7. The maximum absolute atomic E-state index is 12.7. The predicted octanol–water partition coefficient (Wildman–Crippen LogP) is 6.47. The molecule has 0 bridgehead atoms. The molecule has 8 heteroatoms. The Bertz CT molecular complexity index is 1160. The first-order valence-electron chi connectivity index (χ1n) is 7.97. The van der Waals surface area contributed by atoms with Gasteiger partial charge >= 0.3 is 0 Å². The first-order chi connectivity index (χ1) is 13.0. The van der Waals surface area contributed by atoms with Gasteiger partial charge in [0.1, 0.15) is 4.88 Å². The number of nitrogens with one attached hydrogen (secondary N) is 1. The van der Waals surface area contributed by atoms with E-state index in [1.54, 1.807) is 10.9 Å². The molecule has 0 fully saturated rings. The third-order valence-corrected chi connectivity index (χ3v) is 6.60. The molecule has 0 saturated carbocycles. The fraction of sp³-hybridized carbons (Fsp3) is 0.0526. The molecule has 4 aromatic rings. The molecule has 0 unspecified atom stereocenters. The number of hydrogen-bond donors (Lipinski definition) is 1. The smallest absolute Gasteiger partial charge is 0.268 e. The third kappa shape index (κ3) is 3.75. The number of aromatic nitrogens is 2. The fourth-order valence-corrected chi connectivity index (χ4v) is 4.71. The lowest BCUT2D eigenvalue weighted by Crippen LogP contribution is -2.12. The summed E-state index contributed by atoms with van der Waals surface area (Å²) in [4.78, 5) is 13.2. The molecule has 1 amide bonds. The van der Waals surface area contributed by atoms with E-state index in [1.807, 2.05) is 48.5 Å². The Morgan fingerprint density at radius 3 is 2.67 bits per heavy atom. The van der Waals surface area contributed by atoms with Gasteiger partial charge < -0.3 is 5.32 Å². The van der Waals surface area contributed by atoms with Crippen LogP contribution in [0.2, 0.25) is 10.0 Å². The van der Waals surface area contributed by atoms with Crippen LogP contribution in [-0.4, -0.2) is 15.7 Å². The monoisotopic (exact) mass is 479 g/mol. The highest BCUT2D eigenvalue weighted by atomic mass is 79.9. The number of carbonyl (C=O) groups is 1. The molecule has 0 radical (unpaired) electrons. The molecule has 0 aliphatic heterocycles. The van der Waals surface area contributed by atoms with Gasteiger partial charge in [-0.2, -0.15) is 5.10 Å². The Kier molecular flexibility index (Phi) is 5.23. The van der Waals surface area contributed by atoms with Gasteiger partial charge in [0.2, 0.25) is 0 Å². The summed E-state index contributed by atoms with van der Waals surface area (Å²) in [5.74, 6) is 0.144. The molecule has 2 aromatic carbocycles. The molecule has 1 N–H and O–H groups in total. The van der Waals surface area contributed by atoms with Gasteiger partial charge in [-0.3, -0.25) is 9.48 Å². The quantitative estimate of drug-likeness (QED) is 0.364. The van der Waals surface area contributed by atoms with E-state index < -0.39 is 0 Å². The van der Waals surface area contributed by atoms with Crippen molar-refractivity contribution in [3.63, 3.8) is 0 Å². The number of benzene rings is 2. The number of hydrogen-bond acceptors (Lipinski definition) is 3. The van der Waals surface area contributed by atoms with Crippen LogP contribution in [0.25, 0.3) is 10.1 Å². The normalized spacial score (nSPS) is 11.1. The zero-order chi connectivity index (χ0) is 19.0. The van der Waals surface area contributed by atoms with E-state index in [1.165, 1.54) is 11.3 Å². The van der Waals surface area contributed by atoms with Crippen LogP contribution in [0.3, 0.4) is 0 Å². The molecule has 4 nitrogen and oxygen atoms in total. The summed E-state index contributed by atoms with van der Waals surface area (Å²) < 4.78 is 3.36. The van der Waals surface area contributed by atoms with Crippen molar-refractivity contribution in [3.8, 4) is 0 Å². The van der Waals surface area contributed by atoms with Crippen molar-refractivity contribution >= 4 is 72.3 Å². The molecular weight excluding hydrogens is 469 g/mol. The van der Waals surface area contributed by atoms with Crippen molar-refractivity contribution in [2.45, 2.75) is 6.54 Å². The van der Waals surface area contributed by atoms with Crippen LogP contribution in [0, 0.1) is 0 Å². The van der Waals surface area contributed by atoms with Gasteiger partial charge in [0.15, 0.2) is 5.82 Å². The molecule has 136 valence electrons. The number of thiophene rings is 1. The van der Waals surface area contributed by atoms with Crippen LogP contribution in [0.1, 0.15) is 15.2 Å². The highest BCUT2D eigenvalue weighted by Crippen LogP contribution is 2.35. The van der Waals surface area contributed by atoms with Crippen LogP contribution < -0.4 is 5.32 Å². The second-order valence-corrected chi connectivity index (χ2v) is 8.50. The van der Waals surface area contributed by atoms with E-state index >= 15 is 0 Å². The molecule has 4 rings (SSSR count). The van der Waals surface area contributed by atoms with Crippen LogP contribution >= 0.6 is 50.5 Å². The molecule has 0 saturated heterocycles. The zero-order valence-electron chi connectivity index (χ0n) is 13.7. The highest BCUT2D eigenvalue weighted by Gasteiger charge is 2.19. The molecule has 2 heterocycles. The van der Waals surface area contributed by atoms with Gasteiger partial charge in [-0.05, 0) is 33.6 Å². The summed E-state index contributed by atoms with van der Waals surface area (Å²) in [5.41, 5.74) is 0.944. The van der Waals surface area contributed by atoms with Gasteiger partial charge in [-0.25, -0.2) is 0 Å². The summed E-state index contributed by atoms with van der Waals surface area (Å²) >= 11 is 17.4. The van der Waals surface area contributed by atoms with Crippen LogP contribution in [0.5, 0.6) is 0 Å². The first kappa shape index (κ1) is 18.5. The number of carbonyl (C=O) groups excluding carboxylic acids is 1. The van der Waals surface area contributed by atoms with Crippen molar-refractivity contribution in [1.82, 2.24) is 9.78 Å². The van der Waals surface area contributed by atoms with E-state index in [-0.39, 0.29) is 5.91 Å². The Hall–Kier alpha value is -1.86. The zero-order valence-corrected chi connectivity index (χ0v) is 17.7. The van der Waals surface area contributed by atoms with Crippen molar-refractivity contribution < 1.29 is 4.79 Å². The Morgan fingerprint density at radius 2 is 1.89 bits per heavy atom. The lowest BCUT2D eigenvalue weighted by molar-refractivity contribution is 0.103. The average molecular weight is 481 g/mol. The Morgan fingerprint density at radius 1 is 1.15 bits per heavy atom. The molecule has 2 aromatic heterocycles. The number of rotatable bonds is 4. The van der Waals surface area contributed by atoms with Crippen molar-refractivity contribution in [2.75, 3.05) is 5.32 Å². The van der Waals surface area contributed by atoms with E-state index in [0.717, 1.165) is 15.6 Å². The molecular formula is C19H12BrCl2N3OS. The van der Waals surface area contributed by atoms with Crippen molar-refractivity contribution in [2.24, 2.45) is 0 Å².